The van der Waals surface area contributed by atoms with Crippen LogP contribution in [0, 0.1) is 0 Å². The summed E-state index contributed by atoms with van der Waals surface area (Å²) in [7, 11) is 0. The maximum atomic E-state index is 11.5. The Labute approximate surface area is 92.4 Å². The van der Waals surface area contributed by atoms with Gasteiger partial charge in [0.05, 0.1) is 0 Å². The first-order valence-corrected chi connectivity index (χ1v) is 5.72. The summed E-state index contributed by atoms with van der Waals surface area (Å²) in [4.78, 5) is 11.5. The number of rotatable bonds is 5. The Morgan fingerprint density at radius 1 is 1.36 bits per heavy atom. The predicted octanol–water partition coefficient (Wildman–Crippen LogP) is 3.40. The van der Waals surface area contributed by atoms with Crippen molar-refractivity contribution in [2.24, 2.45) is 0 Å². The van der Waals surface area contributed by atoms with E-state index in [1.54, 1.807) is 12.1 Å². The third-order valence-electron chi connectivity index (χ3n) is 1.87. The molecule has 0 N–H and O–H groups in total. The Morgan fingerprint density at radius 2 is 2.00 bits per heavy atom. The zero-order valence-corrected chi connectivity index (χ0v) is 9.71. The third kappa shape index (κ3) is 3.14. The summed E-state index contributed by atoms with van der Waals surface area (Å²) in [6, 6.07) is 7.22. The highest BCUT2D eigenvalue weighted by Crippen LogP contribution is 2.14. The summed E-state index contributed by atoms with van der Waals surface area (Å²) in [5.74, 6) is 0.966. The van der Waals surface area contributed by atoms with Gasteiger partial charge in [0.2, 0.25) is 0 Å². The van der Waals surface area contributed by atoms with Gasteiger partial charge in [-0.3, -0.25) is 4.79 Å². The van der Waals surface area contributed by atoms with E-state index in [4.69, 9.17) is 4.74 Å². The average Bonchev–Trinajstić information content (AvgIpc) is 2.20. The molecule has 76 valence electrons. The van der Waals surface area contributed by atoms with Crippen molar-refractivity contribution >= 4 is 21.7 Å². The molecular weight excluding hydrogens is 244 g/mol. The number of ketones is 1. The monoisotopic (exact) mass is 256 g/mol. The second-order valence-electron chi connectivity index (χ2n) is 2.95. The number of hydrogen-bond donors (Lipinski definition) is 0. The molecule has 0 aliphatic heterocycles. The van der Waals surface area contributed by atoms with Crippen molar-refractivity contribution < 1.29 is 9.53 Å². The Kier molecular flexibility index (Phi) is 4.66. The Bertz CT molecular complexity index is 293. The maximum absolute atomic E-state index is 11.5. The van der Waals surface area contributed by atoms with E-state index in [0.717, 1.165) is 17.7 Å². The highest BCUT2D eigenvalue weighted by atomic mass is 79.9. The van der Waals surface area contributed by atoms with Crippen molar-refractivity contribution in [2.75, 3.05) is 5.52 Å². The molecule has 2 nitrogen and oxygen atoms in total. The van der Waals surface area contributed by atoms with E-state index in [0.29, 0.717) is 11.9 Å². The topological polar surface area (TPSA) is 26.3 Å². The number of ether oxygens (including phenoxy) is 1. The number of carbonyl (C=O) groups excluding carboxylic acids is 1. The van der Waals surface area contributed by atoms with Crippen LogP contribution in [0.1, 0.15) is 30.1 Å². The van der Waals surface area contributed by atoms with Gasteiger partial charge in [0.1, 0.15) is 11.3 Å². The minimum atomic E-state index is 0.192. The lowest BCUT2D eigenvalue weighted by Gasteiger charge is -2.03. The van der Waals surface area contributed by atoms with E-state index >= 15 is 0 Å². The molecule has 1 aromatic rings. The zero-order chi connectivity index (χ0) is 10.4. The molecule has 0 atom stereocenters. The summed E-state index contributed by atoms with van der Waals surface area (Å²) >= 11 is 3.17. The first-order chi connectivity index (χ1) is 6.77. The van der Waals surface area contributed by atoms with E-state index in [2.05, 4.69) is 15.9 Å². The average molecular weight is 257 g/mol. The molecule has 0 unspecified atom stereocenters. The lowest BCUT2D eigenvalue weighted by Crippen LogP contribution is -1.98. The second kappa shape index (κ2) is 5.81. The highest BCUT2D eigenvalue weighted by molar-refractivity contribution is 9.09. The molecule has 0 spiro atoms. The quantitative estimate of drug-likeness (QED) is 0.597. The van der Waals surface area contributed by atoms with Crippen LogP contribution < -0.4 is 4.74 Å². The molecule has 0 aromatic heterocycles. The number of alkyl halides is 1. The number of carbonyl (C=O) groups is 1. The van der Waals surface area contributed by atoms with Gasteiger partial charge in [-0.05, 0) is 46.6 Å². The van der Waals surface area contributed by atoms with Crippen molar-refractivity contribution in [1.29, 1.82) is 0 Å². The van der Waals surface area contributed by atoms with Crippen molar-refractivity contribution in [2.45, 2.75) is 19.8 Å². The molecule has 0 heterocycles. The van der Waals surface area contributed by atoms with E-state index < -0.39 is 0 Å². The van der Waals surface area contributed by atoms with E-state index in [1.165, 1.54) is 0 Å². The maximum Gasteiger partial charge on any atom is 0.162 e. The Morgan fingerprint density at radius 3 is 2.50 bits per heavy atom. The smallest absolute Gasteiger partial charge is 0.162 e. The summed E-state index contributed by atoms with van der Waals surface area (Å²) < 4.78 is 5.21. The summed E-state index contributed by atoms with van der Waals surface area (Å²) in [6.07, 6.45) is 1.50. The van der Waals surface area contributed by atoms with Gasteiger partial charge in [-0.2, -0.15) is 0 Å². The fourth-order valence-electron chi connectivity index (χ4n) is 1.17. The predicted molar refractivity (Wildman–Crippen MR) is 60.1 cm³/mol. The van der Waals surface area contributed by atoms with Gasteiger partial charge >= 0.3 is 0 Å². The molecule has 0 fully saturated rings. The normalized spacial score (nSPS) is 9.86. The SMILES string of the molecule is CCCC(=O)c1ccc(OCBr)cc1. The van der Waals surface area contributed by atoms with Gasteiger partial charge < -0.3 is 4.74 Å². The number of hydrogen-bond acceptors (Lipinski definition) is 2. The van der Waals surface area contributed by atoms with Crippen LogP contribution >= 0.6 is 15.9 Å². The highest BCUT2D eigenvalue weighted by Gasteiger charge is 2.03. The molecule has 3 heteroatoms. The van der Waals surface area contributed by atoms with Crippen LogP contribution in [0.2, 0.25) is 0 Å². The first kappa shape index (κ1) is 11.2. The van der Waals surface area contributed by atoms with Gasteiger partial charge in [0, 0.05) is 12.0 Å². The molecule has 1 rings (SSSR count). The Hall–Kier alpha value is -0.830. The number of benzene rings is 1. The molecule has 0 radical (unpaired) electrons. The van der Waals surface area contributed by atoms with Crippen LogP contribution in [0.25, 0.3) is 0 Å². The van der Waals surface area contributed by atoms with Crippen LogP contribution in [0.4, 0.5) is 0 Å². The molecule has 0 aliphatic carbocycles. The summed E-state index contributed by atoms with van der Waals surface area (Å²) in [6.45, 7) is 2.00. The minimum absolute atomic E-state index is 0.192. The molecular formula is C11H13BrO2. The fraction of sp³-hybridized carbons (Fsp3) is 0.364. The number of Topliss-reactive ketones (excluding diaryl/α,β-unsaturated/α-hetero) is 1. The van der Waals surface area contributed by atoms with Crippen LogP contribution in [-0.2, 0) is 0 Å². The zero-order valence-electron chi connectivity index (χ0n) is 8.13. The van der Waals surface area contributed by atoms with Gasteiger partial charge in [-0.1, -0.05) is 6.92 Å². The number of halogens is 1. The first-order valence-electron chi connectivity index (χ1n) is 4.60. The Balaban J connectivity index is 2.67. The van der Waals surface area contributed by atoms with Crippen molar-refractivity contribution in [3.05, 3.63) is 29.8 Å². The summed E-state index contributed by atoms with van der Waals surface area (Å²) in [5.41, 5.74) is 1.23. The van der Waals surface area contributed by atoms with Gasteiger partial charge in [0.25, 0.3) is 0 Å². The lowest BCUT2D eigenvalue weighted by molar-refractivity contribution is 0.0981. The fourth-order valence-corrected chi connectivity index (χ4v) is 1.44. The molecule has 0 saturated carbocycles. The lowest BCUT2D eigenvalue weighted by atomic mass is 10.1. The largest absolute Gasteiger partial charge is 0.482 e. The van der Waals surface area contributed by atoms with E-state index in [-0.39, 0.29) is 5.78 Å². The molecule has 0 amide bonds. The minimum Gasteiger partial charge on any atom is -0.482 e. The molecule has 0 bridgehead atoms. The van der Waals surface area contributed by atoms with Crippen LogP contribution in [0.3, 0.4) is 0 Å². The van der Waals surface area contributed by atoms with Gasteiger partial charge in [-0.25, -0.2) is 0 Å². The third-order valence-corrected chi connectivity index (χ3v) is 2.10. The standard InChI is InChI=1S/C11H13BrO2/c1-2-3-11(13)9-4-6-10(7-5-9)14-8-12/h4-7H,2-3,8H2,1H3. The van der Waals surface area contributed by atoms with Crippen molar-refractivity contribution in [3.63, 3.8) is 0 Å². The van der Waals surface area contributed by atoms with Crippen LogP contribution in [-0.4, -0.2) is 11.3 Å². The second-order valence-corrected chi connectivity index (χ2v) is 3.41. The molecule has 0 aliphatic rings. The van der Waals surface area contributed by atoms with Crippen molar-refractivity contribution in [3.8, 4) is 5.75 Å². The van der Waals surface area contributed by atoms with E-state index in [9.17, 15) is 4.79 Å². The van der Waals surface area contributed by atoms with Crippen LogP contribution in [0.15, 0.2) is 24.3 Å². The van der Waals surface area contributed by atoms with Gasteiger partial charge in [0.15, 0.2) is 5.78 Å². The van der Waals surface area contributed by atoms with Crippen LogP contribution in [0.5, 0.6) is 5.75 Å². The summed E-state index contributed by atoms with van der Waals surface area (Å²) in [5, 5.41) is 0. The molecule has 1 aromatic carbocycles. The van der Waals surface area contributed by atoms with E-state index in [1.807, 2.05) is 19.1 Å². The van der Waals surface area contributed by atoms with Crippen molar-refractivity contribution in [1.82, 2.24) is 0 Å². The van der Waals surface area contributed by atoms with Gasteiger partial charge in [-0.15, -0.1) is 0 Å². The molecule has 0 saturated heterocycles. The molecule has 14 heavy (non-hydrogen) atoms.